The second-order valence-electron chi connectivity index (χ2n) is 7.77. The molecule has 4 rings (SSSR count). The van der Waals surface area contributed by atoms with Gasteiger partial charge in [-0.05, 0) is 48.4 Å². The fourth-order valence-electron chi connectivity index (χ4n) is 4.09. The normalized spacial score (nSPS) is 23.0. The van der Waals surface area contributed by atoms with E-state index in [1.165, 1.54) is 11.1 Å². The number of amides is 1. The van der Waals surface area contributed by atoms with Gasteiger partial charge in [-0.15, -0.1) is 0 Å². The van der Waals surface area contributed by atoms with Crippen molar-refractivity contribution in [1.82, 2.24) is 10.2 Å². The van der Waals surface area contributed by atoms with E-state index in [4.69, 9.17) is 4.74 Å². The van der Waals surface area contributed by atoms with E-state index in [1.807, 2.05) is 18.2 Å². The van der Waals surface area contributed by atoms with Crippen LogP contribution in [0, 0.1) is 5.92 Å². The van der Waals surface area contributed by atoms with Gasteiger partial charge in [0.25, 0.3) is 0 Å². The zero-order chi connectivity index (χ0) is 18.6. The fourth-order valence-corrected chi connectivity index (χ4v) is 4.09. The molecule has 4 heteroatoms. The van der Waals surface area contributed by atoms with Gasteiger partial charge in [0.05, 0.1) is 7.11 Å². The number of nitrogens with zero attached hydrogens (tertiary/aromatic N) is 1. The predicted molar refractivity (Wildman–Crippen MR) is 107 cm³/mol. The lowest BCUT2D eigenvalue weighted by molar-refractivity contribution is -0.123. The fraction of sp³-hybridized carbons (Fsp3) is 0.435. The topological polar surface area (TPSA) is 41.6 Å². The molecule has 2 unspecified atom stereocenters. The molecule has 2 aliphatic rings. The molecule has 27 heavy (non-hydrogen) atoms. The third-order valence-electron chi connectivity index (χ3n) is 5.85. The zero-order valence-corrected chi connectivity index (χ0v) is 15.9. The van der Waals surface area contributed by atoms with Crippen LogP contribution in [0.1, 0.15) is 36.3 Å². The van der Waals surface area contributed by atoms with Gasteiger partial charge >= 0.3 is 0 Å². The summed E-state index contributed by atoms with van der Waals surface area (Å²) in [6.07, 6.45) is 3.06. The highest BCUT2D eigenvalue weighted by molar-refractivity contribution is 5.83. The van der Waals surface area contributed by atoms with Gasteiger partial charge in [-0.3, -0.25) is 9.69 Å². The van der Waals surface area contributed by atoms with Crippen molar-refractivity contribution in [1.29, 1.82) is 0 Å². The maximum Gasteiger partial charge on any atom is 0.223 e. The first-order valence-electron chi connectivity index (χ1n) is 9.93. The van der Waals surface area contributed by atoms with E-state index >= 15 is 0 Å². The summed E-state index contributed by atoms with van der Waals surface area (Å²) in [5, 5.41) is 3.30. The average molecular weight is 364 g/mol. The molecular weight excluding hydrogens is 336 g/mol. The van der Waals surface area contributed by atoms with Crippen molar-refractivity contribution in [2.45, 2.75) is 37.8 Å². The Hall–Kier alpha value is -2.33. The molecule has 0 radical (unpaired) electrons. The smallest absolute Gasteiger partial charge is 0.223 e. The van der Waals surface area contributed by atoms with Crippen molar-refractivity contribution in [3.63, 3.8) is 0 Å². The summed E-state index contributed by atoms with van der Waals surface area (Å²) in [4.78, 5) is 15.0. The first-order chi connectivity index (χ1) is 13.2. The SMILES string of the molecule is COc1ccc(CN2CCC(NC(=O)C3CC3c3ccccc3)CC2)cc1. The molecule has 0 aromatic heterocycles. The number of hydrogen-bond donors (Lipinski definition) is 1. The highest BCUT2D eigenvalue weighted by Gasteiger charge is 2.44. The summed E-state index contributed by atoms with van der Waals surface area (Å²) in [6, 6.07) is 19.0. The lowest BCUT2D eigenvalue weighted by Gasteiger charge is -2.32. The Morgan fingerprint density at radius 2 is 1.78 bits per heavy atom. The summed E-state index contributed by atoms with van der Waals surface area (Å²) in [5.74, 6) is 1.73. The van der Waals surface area contributed by atoms with E-state index in [0.29, 0.717) is 12.0 Å². The molecule has 0 bridgehead atoms. The molecule has 142 valence electrons. The third kappa shape index (κ3) is 4.51. The first kappa shape index (κ1) is 18.1. The number of likely N-dealkylation sites (tertiary alicyclic amines) is 1. The van der Waals surface area contributed by atoms with Crippen LogP contribution in [0.3, 0.4) is 0 Å². The standard InChI is InChI=1S/C23H28N2O2/c1-27-20-9-7-17(8-10-20)16-25-13-11-19(12-14-25)24-23(26)22-15-21(22)18-5-3-2-4-6-18/h2-10,19,21-22H,11-16H2,1H3,(H,24,26). The first-order valence-corrected chi connectivity index (χ1v) is 9.93. The minimum atomic E-state index is 0.171. The Morgan fingerprint density at radius 3 is 2.44 bits per heavy atom. The number of nitrogens with one attached hydrogen (secondary N) is 1. The summed E-state index contributed by atoms with van der Waals surface area (Å²) in [5.41, 5.74) is 2.61. The number of methoxy groups -OCH3 is 1. The van der Waals surface area contributed by atoms with Crippen LogP contribution in [0.25, 0.3) is 0 Å². The minimum Gasteiger partial charge on any atom is -0.497 e. The van der Waals surface area contributed by atoms with Gasteiger partial charge in [-0.25, -0.2) is 0 Å². The summed E-state index contributed by atoms with van der Waals surface area (Å²) >= 11 is 0. The summed E-state index contributed by atoms with van der Waals surface area (Å²) < 4.78 is 5.22. The van der Waals surface area contributed by atoms with Gasteiger partial charge in [-0.1, -0.05) is 42.5 Å². The second kappa shape index (κ2) is 8.13. The van der Waals surface area contributed by atoms with Crippen LogP contribution < -0.4 is 10.1 Å². The number of hydrogen-bond acceptors (Lipinski definition) is 3. The van der Waals surface area contributed by atoms with Gasteiger partial charge in [0, 0.05) is 31.6 Å². The van der Waals surface area contributed by atoms with E-state index in [0.717, 1.165) is 44.6 Å². The van der Waals surface area contributed by atoms with Crippen LogP contribution in [0.4, 0.5) is 0 Å². The summed E-state index contributed by atoms with van der Waals surface area (Å²) in [7, 11) is 1.69. The molecule has 1 N–H and O–H groups in total. The van der Waals surface area contributed by atoms with Crippen molar-refractivity contribution in [3.05, 3.63) is 65.7 Å². The van der Waals surface area contributed by atoms with Gasteiger partial charge in [0.2, 0.25) is 5.91 Å². The van der Waals surface area contributed by atoms with E-state index < -0.39 is 0 Å². The molecule has 2 fully saturated rings. The molecule has 2 atom stereocenters. The van der Waals surface area contributed by atoms with Crippen molar-refractivity contribution >= 4 is 5.91 Å². The Morgan fingerprint density at radius 1 is 1.07 bits per heavy atom. The monoisotopic (exact) mass is 364 g/mol. The molecule has 1 amide bonds. The third-order valence-corrected chi connectivity index (χ3v) is 5.85. The largest absolute Gasteiger partial charge is 0.497 e. The maximum atomic E-state index is 12.6. The second-order valence-corrected chi connectivity index (χ2v) is 7.77. The van der Waals surface area contributed by atoms with Gasteiger partial charge in [0.15, 0.2) is 0 Å². The Labute approximate surface area is 161 Å². The molecule has 1 saturated carbocycles. The van der Waals surface area contributed by atoms with Crippen molar-refractivity contribution < 1.29 is 9.53 Å². The molecule has 1 saturated heterocycles. The van der Waals surface area contributed by atoms with Crippen LogP contribution in [0.15, 0.2) is 54.6 Å². The molecule has 2 aromatic carbocycles. The Bertz CT molecular complexity index is 752. The number of piperidine rings is 1. The molecule has 4 nitrogen and oxygen atoms in total. The van der Waals surface area contributed by atoms with E-state index in [1.54, 1.807) is 7.11 Å². The zero-order valence-electron chi connectivity index (χ0n) is 15.9. The molecular formula is C23H28N2O2. The Balaban J connectivity index is 1.21. The molecule has 2 aromatic rings. The van der Waals surface area contributed by atoms with Gasteiger partial charge in [0.1, 0.15) is 5.75 Å². The average Bonchev–Trinajstić information content (AvgIpc) is 3.52. The van der Waals surface area contributed by atoms with Crippen LogP contribution >= 0.6 is 0 Å². The van der Waals surface area contributed by atoms with Crippen molar-refractivity contribution in [3.8, 4) is 5.75 Å². The van der Waals surface area contributed by atoms with E-state index in [-0.39, 0.29) is 11.8 Å². The van der Waals surface area contributed by atoms with Crippen LogP contribution in [0.2, 0.25) is 0 Å². The lowest BCUT2D eigenvalue weighted by atomic mass is 10.0. The summed E-state index contributed by atoms with van der Waals surface area (Å²) in [6.45, 7) is 3.02. The number of benzene rings is 2. The number of carbonyl (C=O) groups excluding carboxylic acids is 1. The predicted octanol–water partition coefficient (Wildman–Crippen LogP) is 3.58. The quantitative estimate of drug-likeness (QED) is 0.852. The van der Waals surface area contributed by atoms with E-state index in [2.05, 4.69) is 46.6 Å². The van der Waals surface area contributed by atoms with Crippen molar-refractivity contribution in [2.75, 3.05) is 20.2 Å². The lowest BCUT2D eigenvalue weighted by Crippen LogP contribution is -2.44. The molecule has 0 spiro atoms. The van der Waals surface area contributed by atoms with Crippen molar-refractivity contribution in [2.24, 2.45) is 5.92 Å². The van der Waals surface area contributed by atoms with Gasteiger partial charge < -0.3 is 10.1 Å². The van der Waals surface area contributed by atoms with Crippen LogP contribution in [0.5, 0.6) is 5.75 Å². The number of carbonyl (C=O) groups is 1. The van der Waals surface area contributed by atoms with Gasteiger partial charge in [-0.2, -0.15) is 0 Å². The number of rotatable bonds is 6. The molecule has 1 aliphatic heterocycles. The minimum absolute atomic E-state index is 0.171. The Kier molecular flexibility index (Phi) is 5.44. The highest BCUT2D eigenvalue weighted by Crippen LogP contribution is 2.47. The van der Waals surface area contributed by atoms with Crippen LogP contribution in [-0.2, 0) is 11.3 Å². The molecule has 1 aliphatic carbocycles. The number of ether oxygens (including phenoxy) is 1. The van der Waals surface area contributed by atoms with E-state index in [9.17, 15) is 4.79 Å². The maximum absolute atomic E-state index is 12.6. The highest BCUT2D eigenvalue weighted by atomic mass is 16.5. The molecule has 1 heterocycles. The van der Waals surface area contributed by atoms with Crippen LogP contribution in [-0.4, -0.2) is 37.0 Å².